The summed E-state index contributed by atoms with van der Waals surface area (Å²) < 4.78 is 0. The molecule has 0 bridgehead atoms. The Morgan fingerprint density at radius 2 is 2.05 bits per heavy atom. The number of amidine groups is 1. The molecule has 1 aromatic carbocycles. The lowest BCUT2D eigenvalue weighted by atomic mass is 10.1. The monoisotopic (exact) mass is 269 g/mol. The van der Waals surface area contributed by atoms with E-state index in [1.165, 1.54) is 18.1 Å². The number of thioether (sulfide) groups is 1. The number of nitrogens with zero attached hydrogens (tertiary/aromatic N) is 4. The minimum Gasteiger partial charge on any atom is -0.271 e. The molecular weight excluding hydrogens is 258 g/mol. The molecular formula is C13H11N5S. The van der Waals surface area contributed by atoms with E-state index in [1.54, 1.807) is 12.4 Å². The Morgan fingerprint density at radius 3 is 2.74 bits per heavy atom. The summed E-state index contributed by atoms with van der Waals surface area (Å²) in [7, 11) is 0. The van der Waals surface area contributed by atoms with Gasteiger partial charge in [0.15, 0.2) is 11.4 Å². The third-order valence-electron chi connectivity index (χ3n) is 2.35. The van der Waals surface area contributed by atoms with E-state index in [1.807, 2.05) is 36.7 Å². The number of aromatic nitrogens is 2. The predicted molar refractivity (Wildman–Crippen MR) is 76.8 cm³/mol. The Morgan fingerprint density at radius 1 is 1.32 bits per heavy atom. The van der Waals surface area contributed by atoms with Crippen molar-refractivity contribution in [2.45, 2.75) is 0 Å². The van der Waals surface area contributed by atoms with Crippen molar-refractivity contribution in [1.29, 1.82) is 5.26 Å². The van der Waals surface area contributed by atoms with Gasteiger partial charge in [0.25, 0.3) is 0 Å². The van der Waals surface area contributed by atoms with Crippen LogP contribution in [0.2, 0.25) is 0 Å². The quantitative estimate of drug-likeness (QED) is 0.392. The summed E-state index contributed by atoms with van der Waals surface area (Å²) in [6.07, 6.45) is 8.68. The molecule has 19 heavy (non-hydrogen) atoms. The third kappa shape index (κ3) is 3.30. The highest BCUT2D eigenvalue weighted by atomic mass is 32.2. The van der Waals surface area contributed by atoms with Crippen LogP contribution in [-0.4, -0.2) is 21.4 Å². The molecule has 2 rings (SSSR count). The second kappa shape index (κ2) is 6.52. The molecule has 0 atom stereocenters. The van der Waals surface area contributed by atoms with E-state index in [0.717, 1.165) is 16.8 Å². The molecule has 94 valence electrons. The summed E-state index contributed by atoms with van der Waals surface area (Å²) in [5, 5.41) is 11.8. The van der Waals surface area contributed by atoms with Gasteiger partial charge in [-0.15, -0.1) is 0 Å². The Kier molecular flexibility index (Phi) is 4.48. The number of para-hydroxylation sites is 1. The van der Waals surface area contributed by atoms with E-state index >= 15 is 0 Å². The summed E-state index contributed by atoms with van der Waals surface area (Å²) in [5.74, 6) is 0. The van der Waals surface area contributed by atoms with Crippen molar-refractivity contribution in [3.05, 3.63) is 43.0 Å². The van der Waals surface area contributed by atoms with Crippen LogP contribution in [0, 0.1) is 11.5 Å². The molecule has 0 saturated carbocycles. The molecule has 1 heterocycles. The third-order valence-corrected chi connectivity index (χ3v) is 2.93. The first-order valence-corrected chi connectivity index (χ1v) is 6.70. The number of nitrogens with one attached hydrogen (secondary N) is 1. The van der Waals surface area contributed by atoms with E-state index in [-0.39, 0.29) is 0 Å². The van der Waals surface area contributed by atoms with Crippen molar-refractivity contribution < 1.29 is 0 Å². The van der Waals surface area contributed by atoms with Gasteiger partial charge in [0.1, 0.15) is 6.33 Å². The predicted octanol–water partition coefficient (Wildman–Crippen LogP) is 2.56. The Balaban J connectivity index is 2.45. The Bertz CT molecular complexity index is 618. The highest BCUT2D eigenvalue weighted by molar-refractivity contribution is 8.13. The number of nitriles is 1. The highest BCUT2D eigenvalue weighted by Gasteiger charge is 2.05. The fourth-order valence-electron chi connectivity index (χ4n) is 1.54. The van der Waals surface area contributed by atoms with E-state index < -0.39 is 0 Å². The van der Waals surface area contributed by atoms with Crippen molar-refractivity contribution in [3.8, 4) is 17.3 Å². The molecule has 0 aliphatic rings. The van der Waals surface area contributed by atoms with Gasteiger partial charge < -0.3 is 0 Å². The van der Waals surface area contributed by atoms with E-state index in [9.17, 15) is 0 Å². The summed E-state index contributed by atoms with van der Waals surface area (Å²) in [6, 6.07) is 7.66. The van der Waals surface area contributed by atoms with Crippen molar-refractivity contribution in [1.82, 2.24) is 15.3 Å². The lowest BCUT2D eigenvalue weighted by molar-refractivity contribution is 1.17. The number of aliphatic imine (C=N–C) groups is 1. The van der Waals surface area contributed by atoms with Crippen molar-refractivity contribution in [3.63, 3.8) is 0 Å². The minimum atomic E-state index is 0.548. The second-order valence-electron chi connectivity index (χ2n) is 3.50. The lowest BCUT2D eigenvalue weighted by Gasteiger charge is -2.06. The lowest BCUT2D eigenvalue weighted by Crippen LogP contribution is -2.12. The maximum absolute atomic E-state index is 8.66. The number of rotatable bonds is 2. The number of hydrogen-bond acceptors (Lipinski definition) is 5. The van der Waals surface area contributed by atoms with Crippen LogP contribution in [0.4, 0.5) is 5.69 Å². The van der Waals surface area contributed by atoms with Crippen molar-refractivity contribution in [2.75, 3.05) is 6.26 Å². The summed E-state index contributed by atoms with van der Waals surface area (Å²) in [4.78, 5) is 12.4. The molecule has 1 aromatic heterocycles. The zero-order valence-corrected chi connectivity index (χ0v) is 11.1. The first kappa shape index (κ1) is 13.1. The van der Waals surface area contributed by atoms with Gasteiger partial charge in [0.05, 0.1) is 5.69 Å². The molecule has 0 amide bonds. The van der Waals surface area contributed by atoms with Gasteiger partial charge in [-0.2, -0.15) is 5.26 Å². The molecule has 0 radical (unpaired) electrons. The molecule has 0 fully saturated rings. The van der Waals surface area contributed by atoms with E-state index in [2.05, 4.69) is 20.3 Å². The molecule has 2 aromatic rings. The first-order valence-electron chi connectivity index (χ1n) is 5.47. The second-order valence-corrected chi connectivity index (χ2v) is 4.30. The van der Waals surface area contributed by atoms with Crippen LogP contribution in [0.15, 0.2) is 48.0 Å². The average molecular weight is 269 g/mol. The zero-order valence-electron chi connectivity index (χ0n) is 10.2. The van der Waals surface area contributed by atoms with Crippen LogP contribution in [-0.2, 0) is 0 Å². The molecule has 1 N–H and O–H groups in total. The van der Waals surface area contributed by atoms with Gasteiger partial charge in [-0.05, 0) is 12.3 Å². The van der Waals surface area contributed by atoms with Gasteiger partial charge in [0, 0.05) is 23.5 Å². The fourth-order valence-corrected chi connectivity index (χ4v) is 1.87. The maximum Gasteiger partial charge on any atom is 0.183 e. The van der Waals surface area contributed by atoms with E-state index in [4.69, 9.17) is 5.26 Å². The smallest absolute Gasteiger partial charge is 0.183 e. The van der Waals surface area contributed by atoms with Crippen LogP contribution < -0.4 is 5.32 Å². The fraction of sp³-hybridized carbons (Fsp3) is 0.0769. The normalized spacial score (nSPS) is 10.8. The molecule has 6 heteroatoms. The molecule has 0 saturated heterocycles. The Hall–Kier alpha value is -2.39. The SMILES string of the molecule is CSC(=Nc1ccccc1-c1cncnc1)NC#N. The summed E-state index contributed by atoms with van der Waals surface area (Å²) in [5.41, 5.74) is 2.58. The molecule has 0 unspecified atom stereocenters. The van der Waals surface area contributed by atoms with Crippen LogP contribution in [0.3, 0.4) is 0 Å². The van der Waals surface area contributed by atoms with Gasteiger partial charge in [-0.3, -0.25) is 5.32 Å². The summed E-state index contributed by atoms with van der Waals surface area (Å²) >= 11 is 1.38. The standard InChI is InChI=1S/C13H11N5S/c1-19-13(17-8-14)18-12-5-3-2-4-11(12)10-6-15-9-16-7-10/h2-7,9H,1H3,(H,17,18). The molecule has 0 spiro atoms. The van der Waals surface area contributed by atoms with Crippen LogP contribution >= 0.6 is 11.8 Å². The Labute approximate surface area is 115 Å². The topological polar surface area (TPSA) is 74.0 Å². The maximum atomic E-state index is 8.66. The number of benzene rings is 1. The van der Waals surface area contributed by atoms with Crippen molar-refractivity contribution in [2.24, 2.45) is 4.99 Å². The van der Waals surface area contributed by atoms with Crippen LogP contribution in [0.5, 0.6) is 0 Å². The average Bonchev–Trinajstić information content (AvgIpc) is 2.48. The summed E-state index contributed by atoms with van der Waals surface area (Å²) in [6.45, 7) is 0. The first-order chi connectivity index (χ1) is 9.35. The van der Waals surface area contributed by atoms with Crippen molar-refractivity contribution >= 4 is 22.6 Å². The van der Waals surface area contributed by atoms with Crippen LogP contribution in [0.1, 0.15) is 0 Å². The van der Waals surface area contributed by atoms with Gasteiger partial charge in [-0.1, -0.05) is 30.0 Å². The van der Waals surface area contributed by atoms with Gasteiger partial charge >= 0.3 is 0 Å². The van der Waals surface area contributed by atoms with E-state index in [0.29, 0.717) is 5.17 Å². The highest BCUT2D eigenvalue weighted by Crippen LogP contribution is 2.29. The largest absolute Gasteiger partial charge is 0.271 e. The van der Waals surface area contributed by atoms with Crippen LogP contribution in [0.25, 0.3) is 11.1 Å². The zero-order chi connectivity index (χ0) is 13.5. The minimum absolute atomic E-state index is 0.548. The number of hydrogen-bond donors (Lipinski definition) is 1. The van der Waals surface area contributed by atoms with Gasteiger partial charge in [0.2, 0.25) is 0 Å². The molecule has 0 aliphatic heterocycles. The molecule has 5 nitrogen and oxygen atoms in total. The molecule has 0 aliphatic carbocycles. The van der Waals surface area contributed by atoms with Gasteiger partial charge in [-0.25, -0.2) is 15.0 Å².